The van der Waals surface area contributed by atoms with Crippen LogP contribution in [0.2, 0.25) is 0 Å². The molecule has 0 heterocycles. The first-order valence-corrected chi connectivity index (χ1v) is 7.55. The van der Waals surface area contributed by atoms with E-state index in [1.54, 1.807) is 0 Å². The van der Waals surface area contributed by atoms with Crippen LogP contribution in [0.3, 0.4) is 0 Å². The maximum Gasteiger partial charge on any atom is 0.209 e. The van der Waals surface area contributed by atoms with Gasteiger partial charge in [0.05, 0.1) is 5.75 Å². The van der Waals surface area contributed by atoms with Crippen molar-refractivity contribution in [2.45, 2.75) is 57.2 Å². The molecule has 0 saturated heterocycles. The number of unbranched alkanes of at least 4 members (excludes halogenated alkanes) is 2. The van der Waals surface area contributed by atoms with Gasteiger partial charge >= 0.3 is 0 Å². The van der Waals surface area contributed by atoms with Gasteiger partial charge in [0.25, 0.3) is 0 Å². The van der Waals surface area contributed by atoms with Crippen molar-refractivity contribution in [1.29, 1.82) is 0 Å². The second-order valence-corrected chi connectivity index (χ2v) is 6.99. The molecule has 1 atom stereocenters. The minimum absolute atomic E-state index is 0.0632. The van der Waals surface area contributed by atoms with E-state index in [1.807, 2.05) is 6.92 Å². The largest absolute Gasteiger partial charge is 0.229 e. The number of alkyl halides is 1. The van der Waals surface area contributed by atoms with Gasteiger partial charge in [0.1, 0.15) is 0 Å². The normalized spacial score (nSPS) is 16.3. The topological polar surface area (TPSA) is 60.2 Å². The van der Waals surface area contributed by atoms with E-state index in [9.17, 15) is 8.42 Å². The van der Waals surface area contributed by atoms with E-state index in [2.05, 4.69) is 6.92 Å². The van der Waals surface area contributed by atoms with Crippen LogP contribution in [0.15, 0.2) is 0 Å². The minimum Gasteiger partial charge on any atom is -0.229 e. The van der Waals surface area contributed by atoms with E-state index in [0.717, 1.165) is 32.1 Å². The van der Waals surface area contributed by atoms with Gasteiger partial charge in [0.2, 0.25) is 10.0 Å². The monoisotopic (exact) mass is 255 g/mol. The van der Waals surface area contributed by atoms with Gasteiger partial charge in [0, 0.05) is 4.87 Å². The lowest BCUT2D eigenvalue weighted by Gasteiger charge is -2.21. The summed E-state index contributed by atoms with van der Waals surface area (Å²) in [6, 6.07) is 0. The van der Waals surface area contributed by atoms with Gasteiger partial charge in [-0.1, -0.05) is 26.2 Å². The van der Waals surface area contributed by atoms with Gasteiger partial charge in [-0.3, -0.25) is 0 Å². The van der Waals surface area contributed by atoms with Crippen molar-refractivity contribution in [2.24, 2.45) is 5.14 Å². The Kier molecular flexibility index (Phi) is 6.80. The van der Waals surface area contributed by atoms with Crippen LogP contribution >= 0.6 is 11.6 Å². The molecule has 0 aliphatic heterocycles. The summed E-state index contributed by atoms with van der Waals surface area (Å²) in [6.45, 7) is 4.15. The fourth-order valence-corrected chi connectivity index (χ4v) is 2.34. The first-order valence-electron chi connectivity index (χ1n) is 5.46. The number of primary sulfonamides is 1. The molecule has 0 spiro atoms. The standard InChI is InChI=1S/C10H22ClNO2S/c1-3-4-7-10(2,11)8-5-6-9-15(12,13)14/h3-9H2,1-2H3,(H2,12,13,14). The molecule has 0 aromatic heterocycles. The Bertz CT molecular complexity index is 263. The third-order valence-electron chi connectivity index (χ3n) is 2.43. The van der Waals surface area contributed by atoms with Crippen molar-refractivity contribution in [1.82, 2.24) is 0 Å². The summed E-state index contributed by atoms with van der Waals surface area (Å²) >= 11 is 6.28. The SMILES string of the molecule is CCCCC(C)(Cl)CCCCS(N)(=O)=O. The summed E-state index contributed by atoms with van der Waals surface area (Å²) in [5, 5.41) is 4.90. The molecule has 0 aliphatic carbocycles. The molecule has 5 heteroatoms. The molecule has 0 fully saturated rings. The Balaban J connectivity index is 3.66. The van der Waals surface area contributed by atoms with Crippen molar-refractivity contribution >= 4 is 21.6 Å². The van der Waals surface area contributed by atoms with Crippen LogP contribution in [0.5, 0.6) is 0 Å². The molecule has 0 amide bonds. The van der Waals surface area contributed by atoms with Crippen LogP contribution in [0.4, 0.5) is 0 Å². The van der Waals surface area contributed by atoms with Gasteiger partial charge in [-0.05, 0) is 26.2 Å². The van der Waals surface area contributed by atoms with Crippen LogP contribution in [-0.2, 0) is 10.0 Å². The van der Waals surface area contributed by atoms with Crippen molar-refractivity contribution < 1.29 is 8.42 Å². The Labute approximate surface area is 98.4 Å². The number of halogens is 1. The number of rotatable bonds is 8. The summed E-state index contributed by atoms with van der Waals surface area (Å²) in [5.41, 5.74) is 0. The Morgan fingerprint density at radius 2 is 1.73 bits per heavy atom. The molecule has 0 aromatic carbocycles. The lowest BCUT2D eigenvalue weighted by molar-refractivity contribution is 0.487. The summed E-state index contributed by atoms with van der Waals surface area (Å²) < 4.78 is 21.3. The van der Waals surface area contributed by atoms with E-state index >= 15 is 0 Å². The van der Waals surface area contributed by atoms with E-state index in [4.69, 9.17) is 16.7 Å². The molecule has 15 heavy (non-hydrogen) atoms. The minimum atomic E-state index is -3.30. The molecule has 3 nitrogen and oxygen atoms in total. The number of nitrogens with two attached hydrogens (primary N) is 1. The van der Waals surface area contributed by atoms with Crippen molar-refractivity contribution in [3.8, 4) is 0 Å². The molecule has 0 aliphatic rings. The zero-order chi connectivity index (χ0) is 11.9. The molecule has 0 aromatic rings. The third kappa shape index (κ3) is 10.5. The molecule has 0 saturated carbocycles. The zero-order valence-electron chi connectivity index (χ0n) is 9.63. The van der Waals surface area contributed by atoms with Crippen molar-refractivity contribution in [3.63, 3.8) is 0 Å². The lowest BCUT2D eigenvalue weighted by Crippen LogP contribution is -2.19. The predicted octanol–water partition coefficient (Wildman–Crippen LogP) is 2.63. The van der Waals surface area contributed by atoms with Crippen molar-refractivity contribution in [3.05, 3.63) is 0 Å². The van der Waals surface area contributed by atoms with E-state index < -0.39 is 10.0 Å². The zero-order valence-corrected chi connectivity index (χ0v) is 11.2. The summed E-state index contributed by atoms with van der Waals surface area (Å²) in [5.74, 6) is 0.0632. The van der Waals surface area contributed by atoms with Crippen molar-refractivity contribution in [2.75, 3.05) is 5.75 Å². The van der Waals surface area contributed by atoms with Crippen LogP contribution in [0.25, 0.3) is 0 Å². The number of hydrogen-bond acceptors (Lipinski definition) is 2. The van der Waals surface area contributed by atoms with Gasteiger partial charge in [-0.25, -0.2) is 13.6 Å². The smallest absolute Gasteiger partial charge is 0.209 e. The fraction of sp³-hybridized carbons (Fsp3) is 1.00. The van der Waals surface area contributed by atoms with Gasteiger partial charge in [-0.15, -0.1) is 11.6 Å². The quantitative estimate of drug-likeness (QED) is 0.535. The van der Waals surface area contributed by atoms with Crippen LogP contribution in [-0.4, -0.2) is 19.0 Å². The molecular weight excluding hydrogens is 234 g/mol. The van der Waals surface area contributed by atoms with Gasteiger partial charge in [-0.2, -0.15) is 0 Å². The average Bonchev–Trinajstić information content (AvgIpc) is 2.08. The second-order valence-electron chi connectivity index (χ2n) is 4.34. The molecule has 1 unspecified atom stereocenters. The Hall–Kier alpha value is 0.200. The summed E-state index contributed by atoms with van der Waals surface area (Å²) in [4.78, 5) is -0.186. The molecule has 0 rings (SSSR count). The maximum atomic E-state index is 10.7. The molecule has 2 N–H and O–H groups in total. The average molecular weight is 256 g/mol. The Morgan fingerprint density at radius 1 is 1.20 bits per heavy atom. The first-order chi connectivity index (χ1) is 6.77. The maximum absolute atomic E-state index is 10.7. The summed E-state index contributed by atoms with van der Waals surface area (Å²) in [6.07, 6.45) is 5.52. The predicted molar refractivity (Wildman–Crippen MR) is 65.6 cm³/mol. The van der Waals surface area contributed by atoms with Crippen LogP contribution < -0.4 is 5.14 Å². The molecule has 0 bridgehead atoms. The fourth-order valence-electron chi connectivity index (χ4n) is 1.47. The number of hydrogen-bond donors (Lipinski definition) is 1. The van der Waals surface area contributed by atoms with E-state index in [-0.39, 0.29) is 10.6 Å². The highest BCUT2D eigenvalue weighted by Gasteiger charge is 2.19. The highest BCUT2D eigenvalue weighted by Crippen LogP contribution is 2.27. The van der Waals surface area contributed by atoms with Gasteiger partial charge < -0.3 is 0 Å². The highest BCUT2D eigenvalue weighted by molar-refractivity contribution is 7.89. The lowest BCUT2D eigenvalue weighted by atomic mass is 9.97. The van der Waals surface area contributed by atoms with Crippen LogP contribution in [0, 0.1) is 0 Å². The molecule has 0 radical (unpaired) electrons. The third-order valence-corrected chi connectivity index (χ3v) is 3.66. The molecule has 92 valence electrons. The first kappa shape index (κ1) is 15.2. The van der Waals surface area contributed by atoms with E-state index in [0.29, 0.717) is 6.42 Å². The van der Waals surface area contributed by atoms with Gasteiger partial charge in [0.15, 0.2) is 0 Å². The second kappa shape index (κ2) is 6.71. The van der Waals surface area contributed by atoms with Crippen LogP contribution in [0.1, 0.15) is 52.4 Å². The Morgan fingerprint density at radius 3 is 2.20 bits per heavy atom. The highest BCUT2D eigenvalue weighted by atomic mass is 35.5. The summed E-state index contributed by atoms with van der Waals surface area (Å²) in [7, 11) is -3.30. The number of sulfonamides is 1. The molecular formula is C10H22ClNO2S. The van der Waals surface area contributed by atoms with E-state index in [1.165, 1.54) is 0 Å².